The first kappa shape index (κ1) is 17.9. The first-order valence-corrected chi connectivity index (χ1v) is 8.43. The predicted octanol–water partition coefficient (Wildman–Crippen LogP) is 6.12. The number of allylic oxidation sites excluding steroid dienone is 2. The molecular weight excluding hydrogens is 274 g/mol. The van der Waals surface area contributed by atoms with Gasteiger partial charge in [-0.1, -0.05) is 49.0 Å². The lowest BCUT2D eigenvalue weighted by atomic mass is 9.92. The zero-order valence-corrected chi connectivity index (χ0v) is 15.4. The molecule has 0 radical (unpaired) electrons. The average molecular weight is 304 g/mol. The summed E-state index contributed by atoms with van der Waals surface area (Å²) in [6, 6.07) is 4.95. The number of nitrogens with zero attached hydrogens (tertiary/aromatic N) is 1. The highest BCUT2D eigenvalue weighted by molar-refractivity contribution is 8.06. The highest BCUT2D eigenvalue weighted by Crippen LogP contribution is 2.36. The molecule has 0 saturated heterocycles. The van der Waals surface area contributed by atoms with Gasteiger partial charge in [-0.05, 0) is 62.6 Å². The van der Waals surface area contributed by atoms with E-state index in [1.54, 1.807) is 11.8 Å². The first-order valence-electron chi connectivity index (χ1n) is 7.62. The Morgan fingerprint density at radius 2 is 1.81 bits per heavy atom. The summed E-state index contributed by atoms with van der Waals surface area (Å²) in [7, 11) is 2.16. The van der Waals surface area contributed by atoms with Gasteiger partial charge in [0.25, 0.3) is 0 Å². The summed E-state index contributed by atoms with van der Waals surface area (Å²) in [6.45, 7) is 17.3. The van der Waals surface area contributed by atoms with Gasteiger partial charge in [0.1, 0.15) is 0 Å². The van der Waals surface area contributed by atoms with Gasteiger partial charge < -0.3 is 4.90 Å². The van der Waals surface area contributed by atoms with Crippen molar-refractivity contribution < 1.29 is 0 Å². The van der Waals surface area contributed by atoms with E-state index in [0.29, 0.717) is 6.04 Å². The zero-order chi connectivity index (χ0) is 16.2. The van der Waals surface area contributed by atoms with Crippen LogP contribution in [-0.2, 0) is 0 Å². The molecule has 21 heavy (non-hydrogen) atoms. The minimum absolute atomic E-state index is 0.384. The largest absolute Gasteiger partial charge is 0.363 e. The summed E-state index contributed by atoms with van der Waals surface area (Å²) in [5.41, 5.74) is 5.55. The molecular formula is C19H29NS. The van der Waals surface area contributed by atoms with Gasteiger partial charge in [0.15, 0.2) is 0 Å². The van der Waals surface area contributed by atoms with Crippen LogP contribution in [0.3, 0.4) is 0 Å². The van der Waals surface area contributed by atoms with E-state index in [4.69, 9.17) is 0 Å². The molecule has 2 heteroatoms. The number of aryl methyl sites for hydroxylation is 3. The van der Waals surface area contributed by atoms with Gasteiger partial charge in [0.2, 0.25) is 0 Å². The van der Waals surface area contributed by atoms with Gasteiger partial charge >= 0.3 is 0 Å². The van der Waals surface area contributed by atoms with Crippen molar-refractivity contribution in [2.45, 2.75) is 54.0 Å². The second-order valence-corrected chi connectivity index (χ2v) is 7.06. The molecule has 1 aromatic carbocycles. The second-order valence-electron chi connectivity index (χ2n) is 5.74. The van der Waals surface area contributed by atoms with Crippen molar-refractivity contribution in [2.75, 3.05) is 7.05 Å². The van der Waals surface area contributed by atoms with Crippen LogP contribution in [0.2, 0.25) is 0 Å². The lowest BCUT2D eigenvalue weighted by Gasteiger charge is -2.33. The normalized spacial score (nSPS) is 13.2. The zero-order valence-electron chi connectivity index (χ0n) is 14.6. The number of thioether (sulfide) groups is 1. The van der Waals surface area contributed by atoms with Crippen molar-refractivity contribution >= 4 is 11.8 Å². The monoisotopic (exact) mass is 303 g/mol. The fraction of sp³-hybridized carbons (Fsp3) is 0.474. The summed E-state index contributed by atoms with van der Waals surface area (Å²) >= 11 is 1.75. The molecule has 0 aliphatic carbocycles. The van der Waals surface area contributed by atoms with Gasteiger partial charge in [0, 0.05) is 7.05 Å². The molecule has 1 nitrogen and oxygen atoms in total. The van der Waals surface area contributed by atoms with E-state index in [1.807, 2.05) is 0 Å². The summed E-state index contributed by atoms with van der Waals surface area (Å²) < 4.78 is 0. The minimum Gasteiger partial charge on any atom is -0.363 e. The van der Waals surface area contributed by atoms with Crippen LogP contribution in [0.4, 0.5) is 0 Å². The van der Waals surface area contributed by atoms with Crippen molar-refractivity contribution in [1.82, 2.24) is 4.90 Å². The SMILES string of the molecule is C=C(S/C(C)=C\C)N(C)C(CC)c1c(C)cc(C)cc1C. The Bertz CT molecular complexity index is 519. The van der Waals surface area contributed by atoms with E-state index in [2.05, 4.69) is 78.3 Å². The molecule has 0 aromatic heterocycles. The Morgan fingerprint density at radius 3 is 2.24 bits per heavy atom. The first-order chi connectivity index (χ1) is 9.81. The maximum atomic E-state index is 4.26. The lowest BCUT2D eigenvalue weighted by molar-refractivity contribution is 0.319. The number of benzene rings is 1. The van der Waals surface area contributed by atoms with E-state index in [9.17, 15) is 0 Å². The van der Waals surface area contributed by atoms with Crippen molar-refractivity contribution in [1.29, 1.82) is 0 Å². The summed E-state index contributed by atoms with van der Waals surface area (Å²) in [5.74, 6) is 0. The molecule has 0 bridgehead atoms. The molecule has 0 saturated carbocycles. The van der Waals surface area contributed by atoms with Crippen LogP contribution in [0, 0.1) is 20.8 Å². The molecule has 0 spiro atoms. The molecule has 1 rings (SSSR count). The van der Waals surface area contributed by atoms with Crippen LogP contribution in [-0.4, -0.2) is 11.9 Å². The topological polar surface area (TPSA) is 3.24 Å². The molecule has 116 valence electrons. The molecule has 0 fully saturated rings. The van der Waals surface area contributed by atoms with E-state index in [1.165, 1.54) is 27.2 Å². The fourth-order valence-corrected chi connectivity index (χ4v) is 3.64. The Balaban J connectivity index is 3.11. The minimum atomic E-state index is 0.384. The standard InChI is InChI=1S/C19H29NS/c1-9-16(6)21-17(7)20(8)18(10-2)19-14(4)11-13(3)12-15(19)5/h9,11-12,18H,7,10H2,1-6,8H3/b16-9-. The Labute approximate surface area is 135 Å². The molecule has 1 unspecified atom stereocenters. The van der Waals surface area contributed by atoms with Crippen molar-refractivity contribution in [2.24, 2.45) is 0 Å². The van der Waals surface area contributed by atoms with Gasteiger partial charge in [-0.3, -0.25) is 0 Å². The summed E-state index contributed by atoms with van der Waals surface area (Å²) in [6.07, 6.45) is 3.21. The predicted molar refractivity (Wildman–Crippen MR) is 97.6 cm³/mol. The molecule has 0 heterocycles. The lowest BCUT2D eigenvalue weighted by Crippen LogP contribution is -2.23. The third-order valence-electron chi connectivity index (χ3n) is 4.00. The molecule has 0 aliphatic heterocycles. The van der Waals surface area contributed by atoms with Crippen LogP contribution in [0.5, 0.6) is 0 Å². The van der Waals surface area contributed by atoms with E-state index < -0.39 is 0 Å². The Hall–Kier alpha value is -1.15. The van der Waals surface area contributed by atoms with Gasteiger partial charge in [-0.2, -0.15) is 0 Å². The van der Waals surface area contributed by atoms with Crippen LogP contribution >= 0.6 is 11.8 Å². The average Bonchev–Trinajstić information content (AvgIpc) is 2.41. The quantitative estimate of drug-likeness (QED) is 0.622. The van der Waals surface area contributed by atoms with Crippen LogP contribution in [0.25, 0.3) is 0 Å². The highest BCUT2D eigenvalue weighted by atomic mass is 32.2. The number of hydrogen-bond acceptors (Lipinski definition) is 2. The third-order valence-corrected chi connectivity index (χ3v) is 5.09. The molecule has 0 N–H and O–H groups in total. The molecule has 0 aliphatic rings. The van der Waals surface area contributed by atoms with E-state index in [0.717, 1.165) is 11.4 Å². The Morgan fingerprint density at radius 1 is 1.29 bits per heavy atom. The van der Waals surface area contributed by atoms with Crippen molar-refractivity contribution in [3.8, 4) is 0 Å². The van der Waals surface area contributed by atoms with E-state index >= 15 is 0 Å². The molecule has 1 atom stereocenters. The number of hydrogen-bond donors (Lipinski definition) is 0. The summed E-state index contributed by atoms with van der Waals surface area (Å²) in [5, 5.41) is 1.11. The maximum absolute atomic E-state index is 4.26. The van der Waals surface area contributed by atoms with Crippen molar-refractivity contribution in [3.63, 3.8) is 0 Å². The van der Waals surface area contributed by atoms with Gasteiger partial charge in [-0.15, -0.1) is 0 Å². The Kier molecular flexibility index (Phi) is 6.60. The van der Waals surface area contributed by atoms with Crippen LogP contribution < -0.4 is 0 Å². The third kappa shape index (κ3) is 4.41. The maximum Gasteiger partial charge on any atom is 0.0681 e. The van der Waals surface area contributed by atoms with Crippen molar-refractivity contribution in [3.05, 3.63) is 57.0 Å². The van der Waals surface area contributed by atoms with Crippen LogP contribution in [0.15, 0.2) is 34.7 Å². The second kappa shape index (κ2) is 7.74. The van der Waals surface area contributed by atoms with Gasteiger partial charge in [0.05, 0.1) is 11.1 Å². The summed E-state index contributed by atoms with van der Waals surface area (Å²) in [4.78, 5) is 3.61. The fourth-order valence-electron chi connectivity index (χ4n) is 2.88. The highest BCUT2D eigenvalue weighted by Gasteiger charge is 2.20. The molecule has 0 amide bonds. The van der Waals surface area contributed by atoms with E-state index in [-0.39, 0.29) is 0 Å². The smallest absolute Gasteiger partial charge is 0.0681 e. The molecule has 1 aromatic rings. The van der Waals surface area contributed by atoms with Crippen LogP contribution in [0.1, 0.15) is 55.5 Å². The van der Waals surface area contributed by atoms with Gasteiger partial charge in [-0.25, -0.2) is 0 Å². The number of rotatable bonds is 6.